The predicted molar refractivity (Wildman–Crippen MR) is 112 cm³/mol. The summed E-state index contributed by atoms with van der Waals surface area (Å²) >= 11 is 0. The SMILES string of the molecule is CCC[NH+](CCC)[C@H]1CCc2c(cccc2-c2c(OC)cccc2OC)C1.[Cl-]. The highest BCUT2D eigenvalue weighted by atomic mass is 35.5. The molecule has 2 aromatic rings. The number of benzene rings is 2. The maximum Gasteiger partial charge on any atom is 0.130 e. The number of ether oxygens (including phenoxy) is 2. The van der Waals surface area contributed by atoms with E-state index in [-0.39, 0.29) is 12.4 Å². The number of fused-ring (bicyclic) bond motifs is 1. The van der Waals surface area contributed by atoms with Gasteiger partial charge in [-0.3, -0.25) is 0 Å². The monoisotopic (exact) mass is 403 g/mol. The summed E-state index contributed by atoms with van der Waals surface area (Å²) in [6, 6.07) is 13.5. The van der Waals surface area contributed by atoms with E-state index in [2.05, 4.69) is 32.0 Å². The van der Waals surface area contributed by atoms with Crippen LogP contribution in [0.15, 0.2) is 36.4 Å². The summed E-state index contributed by atoms with van der Waals surface area (Å²) in [5, 5.41) is 0. The zero-order valence-electron chi connectivity index (χ0n) is 17.7. The van der Waals surface area contributed by atoms with Crippen molar-refractivity contribution < 1.29 is 26.8 Å². The molecule has 0 spiro atoms. The molecule has 0 radical (unpaired) electrons. The van der Waals surface area contributed by atoms with Crippen LogP contribution in [0, 0.1) is 0 Å². The summed E-state index contributed by atoms with van der Waals surface area (Å²) in [5.41, 5.74) is 5.34. The lowest BCUT2D eigenvalue weighted by Crippen LogP contribution is -3.16. The maximum absolute atomic E-state index is 5.67. The molecule has 1 aliphatic carbocycles. The van der Waals surface area contributed by atoms with Gasteiger partial charge in [0.15, 0.2) is 0 Å². The molecule has 3 rings (SSSR count). The highest BCUT2D eigenvalue weighted by molar-refractivity contribution is 5.80. The van der Waals surface area contributed by atoms with E-state index in [1.807, 2.05) is 18.2 Å². The molecule has 2 aromatic carbocycles. The molecule has 0 fully saturated rings. The van der Waals surface area contributed by atoms with Gasteiger partial charge < -0.3 is 26.8 Å². The van der Waals surface area contributed by atoms with E-state index < -0.39 is 0 Å². The summed E-state index contributed by atoms with van der Waals surface area (Å²) in [5.74, 6) is 1.77. The second-order valence-corrected chi connectivity index (χ2v) is 7.58. The molecule has 154 valence electrons. The van der Waals surface area contributed by atoms with E-state index in [9.17, 15) is 0 Å². The van der Waals surface area contributed by atoms with E-state index in [0.717, 1.165) is 29.5 Å². The Morgan fingerprint density at radius 2 is 1.54 bits per heavy atom. The van der Waals surface area contributed by atoms with Gasteiger partial charge in [-0.1, -0.05) is 38.1 Å². The van der Waals surface area contributed by atoms with Crippen molar-refractivity contribution in [1.29, 1.82) is 0 Å². The molecule has 0 aliphatic heterocycles. The zero-order chi connectivity index (χ0) is 19.2. The fourth-order valence-corrected chi connectivity index (χ4v) is 4.68. The van der Waals surface area contributed by atoms with Crippen LogP contribution >= 0.6 is 0 Å². The van der Waals surface area contributed by atoms with Crippen LogP contribution in [0.25, 0.3) is 11.1 Å². The van der Waals surface area contributed by atoms with Crippen LogP contribution in [0.1, 0.15) is 44.2 Å². The van der Waals surface area contributed by atoms with Crippen molar-refractivity contribution in [2.75, 3.05) is 27.3 Å². The van der Waals surface area contributed by atoms with Gasteiger partial charge in [-0.15, -0.1) is 0 Å². The molecule has 0 aromatic heterocycles. The van der Waals surface area contributed by atoms with E-state index in [1.54, 1.807) is 19.1 Å². The van der Waals surface area contributed by atoms with E-state index in [1.165, 1.54) is 55.5 Å². The van der Waals surface area contributed by atoms with Gasteiger partial charge in [0.25, 0.3) is 0 Å². The third-order valence-corrected chi connectivity index (χ3v) is 5.90. The number of methoxy groups -OCH3 is 2. The molecule has 0 unspecified atom stereocenters. The van der Waals surface area contributed by atoms with Crippen molar-refractivity contribution in [3.05, 3.63) is 47.5 Å². The Morgan fingerprint density at radius 1 is 0.929 bits per heavy atom. The fraction of sp³-hybridized carbons (Fsp3) is 0.500. The fourth-order valence-electron chi connectivity index (χ4n) is 4.68. The van der Waals surface area contributed by atoms with E-state index in [0.29, 0.717) is 0 Å². The summed E-state index contributed by atoms with van der Waals surface area (Å²) in [7, 11) is 3.47. The van der Waals surface area contributed by atoms with Gasteiger partial charge in [0.1, 0.15) is 11.5 Å². The highest BCUT2D eigenvalue weighted by Gasteiger charge is 2.29. The van der Waals surface area contributed by atoms with E-state index in [4.69, 9.17) is 9.47 Å². The number of rotatable bonds is 8. The van der Waals surface area contributed by atoms with Gasteiger partial charge in [-0.25, -0.2) is 0 Å². The van der Waals surface area contributed by atoms with Crippen LogP contribution < -0.4 is 26.8 Å². The van der Waals surface area contributed by atoms with Crippen LogP contribution in [-0.4, -0.2) is 33.4 Å². The molecule has 0 bridgehead atoms. The van der Waals surface area contributed by atoms with Crippen molar-refractivity contribution in [2.24, 2.45) is 0 Å². The first-order valence-corrected chi connectivity index (χ1v) is 10.4. The molecule has 0 amide bonds. The molecule has 4 heteroatoms. The first-order valence-electron chi connectivity index (χ1n) is 10.4. The Labute approximate surface area is 176 Å². The van der Waals surface area contributed by atoms with Crippen molar-refractivity contribution in [3.63, 3.8) is 0 Å². The summed E-state index contributed by atoms with van der Waals surface area (Å²) in [6.07, 6.45) is 6.09. The van der Waals surface area contributed by atoms with E-state index >= 15 is 0 Å². The first kappa shape index (κ1) is 22.6. The number of hydrogen-bond donors (Lipinski definition) is 1. The van der Waals surface area contributed by atoms with Gasteiger partial charge in [-0.05, 0) is 48.1 Å². The number of quaternary nitrogens is 1. The summed E-state index contributed by atoms with van der Waals surface area (Å²) in [4.78, 5) is 1.78. The van der Waals surface area contributed by atoms with Crippen molar-refractivity contribution >= 4 is 0 Å². The Bertz CT molecular complexity index is 734. The van der Waals surface area contributed by atoms with Crippen LogP contribution in [0.5, 0.6) is 11.5 Å². The number of hydrogen-bond acceptors (Lipinski definition) is 2. The molecule has 0 saturated heterocycles. The molecule has 1 atom stereocenters. The maximum atomic E-state index is 5.67. The summed E-state index contributed by atoms with van der Waals surface area (Å²) < 4.78 is 11.3. The molecule has 3 nitrogen and oxygen atoms in total. The molecule has 0 heterocycles. The second-order valence-electron chi connectivity index (χ2n) is 7.58. The Kier molecular flexibility index (Phi) is 8.65. The van der Waals surface area contributed by atoms with Crippen molar-refractivity contribution in [3.8, 4) is 22.6 Å². The smallest absolute Gasteiger partial charge is 0.130 e. The number of halogens is 1. The third kappa shape index (κ3) is 4.64. The molecule has 0 saturated carbocycles. The molecular formula is C24H34ClNO2. The minimum atomic E-state index is 0. The average molecular weight is 404 g/mol. The lowest BCUT2D eigenvalue weighted by molar-refractivity contribution is -0.926. The Morgan fingerprint density at radius 3 is 2.11 bits per heavy atom. The molecular weight excluding hydrogens is 370 g/mol. The molecule has 28 heavy (non-hydrogen) atoms. The molecule has 1 aliphatic rings. The van der Waals surface area contributed by atoms with Crippen LogP contribution in [0.4, 0.5) is 0 Å². The standard InChI is InChI=1S/C24H33NO2.ClH/c1-5-15-25(16-6-2)19-13-14-20-18(17-19)9-7-10-21(20)24-22(26-3)11-8-12-23(24)27-4;/h7-12,19H,5-6,13-17H2,1-4H3;1H/t19-;/m0./s1. The van der Waals surface area contributed by atoms with Crippen molar-refractivity contribution in [1.82, 2.24) is 0 Å². The van der Waals surface area contributed by atoms with Gasteiger partial charge in [0.2, 0.25) is 0 Å². The second kappa shape index (κ2) is 10.7. The summed E-state index contributed by atoms with van der Waals surface area (Å²) in [6.45, 7) is 7.18. The van der Waals surface area contributed by atoms with Gasteiger partial charge in [0, 0.05) is 12.8 Å². The quantitative estimate of drug-likeness (QED) is 0.708. The Hall–Kier alpha value is -1.71. The minimum absolute atomic E-state index is 0. The van der Waals surface area contributed by atoms with Gasteiger partial charge in [0.05, 0.1) is 38.9 Å². The normalized spacial score (nSPS) is 15.7. The van der Waals surface area contributed by atoms with Gasteiger partial charge >= 0.3 is 0 Å². The first-order chi connectivity index (χ1) is 13.2. The minimum Gasteiger partial charge on any atom is -1.00 e. The van der Waals surface area contributed by atoms with Gasteiger partial charge in [-0.2, -0.15) is 0 Å². The zero-order valence-corrected chi connectivity index (χ0v) is 18.4. The van der Waals surface area contributed by atoms with Crippen LogP contribution in [0.3, 0.4) is 0 Å². The highest BCUT2D eigenvalue weighted by Crippen LogP contribution is 2.42. The van der Waals surface area contributed by atoms with Crippen molar-refractivity contribution in [2.45, 2.75) is 52.0 Å². The lowest BCUT2D eigenvalue weighted by atomic mass is 9.82. The largest absolute Gasteiger partial charge is 1.00 e. The number of nitrogens with one attached hydrogen (secondary N) is 1. The lowest BCUT2D eigenvalue weighted by Gasteiger charge is -2.33. The average Bonchev–Trinajstić information content (AvgIpc) is 2.72. The van der Waals surface area contributed by atoms with Crippen LogP contribution in [0.2, 0.25) is 0 Å². The third-order valence-electron chi connectivity index (χ3n) is 5.90. The molecule has 1 N–H and O–H groups in total. The Balaban J connectivity index is 0.00000280. The predicted octanol–water partition coefficient (Wildman–Crippen LogP) is 0.937. The van der Waals surface area contributed by atoms with Crippen LogP contribution in [-0.2, 0) is 12.8 Å². The topological polar surface area (TPSA) is 22.9 Å².